The second-order valence-corrected chi connectivity index (χ2v) is 8.80. The minimum atomic E-state index is -0.700. The molecule has 0 aliphatic heterocycles. The van der Waals surface area contributed by atoms with Gasteiger partial charge in [0, 0.05) is 27.3 Å². The molecule has 6 rings (SSSR count). The van der Waals surface area contributed by atoms with E-state index in [0.717, 1.165) is 10.0 Å². The van der Waals surface area contributed by atoms with Gasteiger partial charge in [-0.1, -0.05) is 34.1 Å². The number of anilines is 1. The Morgan fingerprint density at radius 1 is 0.917 bits per heavy atom. The fourth-order valence-corrected chi connectivity index (χ4v) is 4.15. The molecule has 0 unspecified atom stereocenters. The highest BCUT2D eigenvalue weighted by Gasteiger charge is 2.15. The number of aromatic nitrogens is 5. The van der Waals surface area contributed by atoms with Crippen molar-refractivity contribution in [1.29, 1.82) is 0 Å². The smallest absolute Gasteiger partial charge is 0.349 e. The maximum Gasteiger partial charge on any atom is 0.349 e. The molecule has 4 aromatic heterocycles. The van der Waals surface area contributed by atoms with Gasteiger partial charge in [0.1, 0.15) is 16.8 Å². The third-order valence-corrected chi connectivity index (χ3v) is 6.03. The molecule has 1 amide bonds. The molecular formula is C26H15BrN6O3. The van der Waals surface area contributed by atoms with Crippen LogP contribution in [0.5, 0.6) is 0 Å². The van der Waals surface area contributed by atoms with E-state index in [1.54, 1.807) is 41.0 Å². The first-order chi connectivity index (χ1) is 17.5. The van der Waals surface area contributed by atoms with Gasteiger partial charge in [0.2, 0.25) is 5.82 Å². The lowest BCUT2D eigenvalue weighted by atomic mass is 10.1. The van der Waals surface area contributed by atoms with Gasteiger partial charge in [-0.2, -0.15) is 9.61 Å². The van der Waals surface area contributed by atoms with E-state index in [1.807, 2.05) is 42.5 Å². The van der Waals surface area contributed by atoms with Crippen molar-refractivity contribution in [2.24, 2.45) is 0 Å². The number of nitrogens with one attached hydrogen (secondary N) is 1. The van der Waals surface area contributed by atoms with Crippen LogP contribution < -0.4 is 10.9 Å². The molecule has 0 saturated carbocycles. The minimum absolute atomic E-state index is 0.0774. The SMILES string of the molecule is O=C(Nc1ccc(-c2ccc3nnc(-c4ccccn4)n3n2)cc1)c1cc2cc(Br)ccc2oc1=O. The lowest BCUT2D eigenvalue weighted by Crippen LogP contribution is -2.20. The van der Waals surface area contributed by atoms with Crippen molar-refractivity contribution in [3.8, 4) is 22.8 Å². The highest BCUT2D eigenvalue weighted by molar-refractivity contribution is 9.10. The van der Waals surface area contributed by atoms with Crippen molar-refractivity contribution in [2.45, 2.75) is 0 Å². The molecule has 0 bridgehead atoms. The zero-order chi connectivity index (χ0) is 24.6. The Hall–Kier alpha value is -4.70. The average molecular weight is 539 g/mol. The molecule has 4 heterocycles. The van der Waals surface area contributed by atoms with Crippen LogP contribution in [0.4, 0.5) is 5.69 Å². The molecule has 0 fully saturated rings. The number of hydrogen-bond acceptors (Lipinski definition) is 7. The second-order valence-electron chi connectivity index (χ2n) is 7.89. The van der Waals surface area contributed by atoms with Crippen LogP contribution in [-0.2, 0) is 0 Å². The number of rotatable bonds is 4. The number of carbonyl (C=O) groups is 1. The van der Waals surface area contributed by atoms with Crippen molar-refractivity contribution < 1.29 is 9.21 Å². The maximum atomic E-state index is 12.8. The molecule has 0 aliphatic carbocycles. The van der Waals surface area contributed by atoms with Crippen molar-refractivity contribution >= 4 is 44.1 Å². The molecular weight excluding hydrogens is 524 g/mol. The summed E-state index contributed by atoms with van der Waals surface area (Å²) < 4.78 is 7.75. The fourth-order valence-electron chi connectivity index (χ4n) is 3.77. The largest absolute Gasteiger partial charge is 0.422 e. The lowest BCUT2D eigenvalue weighted by molar-refractivity contribution is 0.102. The van der Waals surface area contributed by atoms with Gasteiger partial charge < -0.3 is 9.73 Å². The Morgan fingerprint density at radius 2 is 1.78 bits per heavy atom. The first-order valence-corrected chi connectivity index (χ1v) is 11.6. The number of fused-ring (bicyclic) bond motifs is 2. The van der Waals surface area contributed by atoms with Crippen LogP contribution in [0.3, 0.4) is 0 Å². The Balaban J connectivity index is 1.27. The Kier molecular flexibility index (Phi) is 5.34. The number of hydrogen-bond donors (Lipinski definition) is 1. The van der Waals surface area contributed by atoms with Gasteiger partial charge in [0.25, 0.3) is 5.91 Å². The summed E-state index contributed by atoms with van der Waals surface area (Å²) in [5, 5.41) is 16.4. The van der Waals surface area contributed by atoms with Crippen LogP contribution in [0, 0.1) is 0 Å². The van der Waals surface area contributed by atoms with Crippen molar-refractivity contribution in [2.75, 3.05) is 5.32 Å². The first-order valence-electron chi connectivity index (χ1n) is 10.8. The van der Waals surface area contributed by atoms with Crippen LogP contribution in [0.2, 0.25) is 0 Å². The predicted octanol–water partition coefficient (Wildman–Crippen LogP) is 4.97. The monoisotopic (exact) mass is 538 g/mol. The van der Waals surface area contributed by atoms with Crippen LogP contribution in [0.1, 0.15) is 10.4 Å². The van der Waals surface area contributed by atoms with Gasteiger partial charge >= 0.3 is 5.63 Å². The van der Waals surface area contributed by atoms with Gasteiger partial charge in [-0.25, -0.2) is 4.79 Å². The molecule has 36 heavy (non-hydrogen) atoms. The Bertz CT molecular complexity index is 1810. The molecule has 0 atom stereocenters. The number of amides is 1. The molecule has 0 aliphatic rings. The Labute approximate surface area is 211 Å². The topological polar surface area (TPSA) is 115 Å². The normalized spacial score (nSPS) is 11.1. The molecule has 0 radical (unpaired) electrons. The molecule has 10 heteroatoms. The summed E-state index contributed by atoms with van der Waals surface area (Å²) in [5.41, 5.74) is 2.94. The zero-order valence-corrected chi connectivity index (χ0v) is 20.0. The minimum Gasteiger partial charge on any atom is -0.422 e. The average Bonchev–Trinajstić information content (AvgIpc) is 3.33. The quantitative estimate of drug-likeness (QED) is 0.315. The number of pyridine rings is 1. The standard InChI is InChI=1S/C26H15BrN6O3/c27-17-6-10-22-16(13-17)14-19(26(35)36-22)25(34)29-18-7-4-15(5-8-18)20-9-11-23-30-31-24(33(23)32-20)21-3-1-2-12-28-21/h1-14H,(H,29,34). The van der Waals surface area contributed by atoms with E-state index < -0.39 is 11.5 Å². The van der Waals surface area contributed by atoms with E-state index in [-0.39, 0.29) is 5.56 Å². The van der Waals surface area contributed by atoms with E-state index in [9.17, 15) is 9.59 Å². The third-order valence-electron chi connectivity index (χ3n) is 5.53. The first kappa shape index (κ1) is 21.8. The summed E-state index contributed by atoms with van der Waals surface area (Å²) >= 11 is 3.38. The van der Waals surface area contributed by atoms with E-state index in [0.29, 0.717) is 39.5 Å². The summed E-state index contributed by atoms with van der Waals surface area (Å²) in [7, 11) is 0. The van der Waals surface area contributed by atoms with Gasteiger partial charge in [-0.3, -0.25) is 9.78 Å². The van der Waals surface area contributed by atoms with Crippen LogP contribution in [0.25, 0.3) is 39.4 Å². The maximum absolute atomic E-state index is 12.8. The van der Waals surface area contributed by atoms with Gasteiger partial charge in [-0.05, 0) is 60.7 Å². The molecule has 2 aromatic carbocycles. The van der Waals surface area contributed by atoms with E-state index in [4.69, 9.17) is 4.42 Å². The number of nitrogens with zero attached hydrogens (tertiary/aromatic N) is 5. The van der Waals surface area contributed by atoms with Crippen LogP contribution in [0.15, 0.2) is 98.7 Å². The van der Waals surface area contributed by atoms with Crippen LogP contribution >= 0.6 is 15.9 Å². The fraction of sp³-hybridized carbons (Fsp3) is 0. The number of benzene rings is 2. The highest BCUT2D eigenvalue weighted by atomic mass is 79.9. The van der Waals surface area contributed by atoms with E-state index in [2.05, 4.69) is 41.5 Å². The van der Waals surface area contributed by atoms with E-state index in [1.165, 1.54) is 6.07 Å². The number of carbonyl (C=O) groups excluding carboxylic acids is 1. The van der Waals surface area contributed by atoms with Crippen LogP contribution in [-0.4, -0.2) is 30.7 Å². The zero-order valence-electron chi connectivity index (χ0n) is 18.4. The molecule has 174 valence electrons. The van der Waals surface area contributed by atoms with Gasteiger partial charge in [-0.15, -0.1) is 10.2 Å². The van der Waals surface area contributed by atoms with Crippen molar-refractivity contribution in [3.63, 3.8) is 0 Å². The summed E-state index contributed by atoms with van der Waals surface area (Å²) in [4.78, 5) is 29.5. The van der Waals surface area contributed by atoms with Gasteiger partial charge in [0.05, 0.1) is 5.69 Å². The van der Waals surface area contributed by atoms with E-state index >= 15 is 0 Å². The molecule has 1 N–H and O–H groups in total. The van der Waals surface area contributed by atoms with Gasteiger partial charge in [0.15, 0.2) is 5.65 Å². The summed E-state index contributed by atoms with van der Waals surface area (Å²) in [5.74, 6) is -0.0139. The summed E-state index contributed by atoms with van der Waals surface area (Å²) in [6, 6.07) is 23.1. The number of halogens is 1. The summed E-state index contributed by atoms with van der Waals surface area (Å²) in [6.45, 7) is 0. The highest BCUT2D eigenvalue weighted by Crippen LogP contribution is 2.23. The predicted molar refractivity (Wildman–Crippen MR) is 138 cm³/mol. The lowest BCUT2D eigenvalue weighted by Gasteiger charge is -2.07. The summed E-state index contributed by atoms with van der Waals surface area (Å²) in [6.07, 6.45) is 1.69. The molecule has 0 spiro atoms. The third kappa shape index (κ3) is 4.03. The molecule has 6 aromatic rings. The molecule has 0 saturated heterocycles. The Morgan fingerprint density at radius 3 is 2.58 bits per heavy atom. The van der Waals surface area contributed by atoms with Crippen molar-refractivity contribution in [1.82, 2.24) is 24.8 Å². The second kappa shape index (κ2) is 8.82. The molecule has 9 nitrogen and oxygen atoms in total. The van der Waals surface area contributed by atoms with Crippen molar-refractivity contribution in [3.05, 3.63) is 106 Å².